The van der Waals surface area contributed by atoms with Crippen LogP contribution in [-0.4, -0.2) is 30.5 Å². The number of Topliss-reactive ketones (excluding diaryl/α,β-unsaturated/α-hetero) is 1. The fourth-order valence-electron chi connectivity index (χ4n) is 4.90. The quantitative estimate of drug-likeness (QED) is 0.197. The van der Waals surface area contributed by atoms with Gasteiger partial charge in [-0.25, -0.2) is 0 Å². The lowest BCUT2D eigenvalue weighted by Crippen LogP contribution is -2.29. The molecule has 4 aromatic carbocycles. The SMILES string of the molecule is CCOc1ccc(C2/C(=C(\O)c3cccc4ccccc34)C(=O)C(=O)N2c2cccc(C)c2)cc1OC. The van der Waals surface area contributed by atoms with Crippen molar-refractivity contribution in [3.63, 3.8) is 0 Å². The molecule has 5 rings (SSSR count). The van der Waals surface area contributed by atoms with Gasteiger partial charge in [-0.2, -0.15) is 0 Å². The second kappa shape index (κ2) is 9.82. The number of anilines is 1. The third-order valence-corrected chi connectivity index (χ3v) is 6.57. The molecule has 1 heterocycles. The second-order valence-electron chi connectivity index (χ2n) is 8.88. The van der Waals surface area contributed by atoms with Gasteiger partial charge < -0.3 is 14.6 Å². The Morgan fingerprint density at radius 2 is 1.68 bits per heavy atom. The third-order valence-electron chi connectivity index (χ3n) is 6.57. The summed E-state index contributed by atoms with van der Waals surface area (Å²) in [5.74, 6) is -0.646. The van der Waals surface area contributed by atoms with E-state index in [9.17, 15) is 14.7 Å². The van der Waals surface area contributed by atoms with E-state index in [1.165, 1.54) is 12.0 Å². The van der Waals surface area contributed by atoms with Gasteiger partial charge in [0.2, 0.25) is 0 Å². The molecule has 4 aromatic rings. The summed E-state index contributed by atoms with van der Waals surface area (Å²) in [5.41, 5.74) is 2.63. The highest BCUT2D eigenvalue weighted by Gasteiger charge is 2.47. The van der Waals surface area contributed by atoms with Crippen LogP contribution in [0, 0.1) is 6.92 Å². The van der Waals surface area contributed by atoms with E-state index >= 15 is 0 Å². The normalized spacial score (nSPS) is 16.8. The minimum atomic E-state index is -0.870. The van der Waals surface area contributed by atoms with Crippen LogP contribution >= 0.6 is 0 Å². The maximum absolute atomic E-state index is 13.6. The number of aliphatic hydroxyl groups excluding tert-OH is 1. The van der Waals surface area contributed by atoms with Crippen LogP contribution in [0.1, 0.15) is 29.7 Å². The Morgan fingerprint density at radius 1 is 0.919 bits per heavy atom. The average Bonchev–Trinajstić information content (AvgIpc) is 3.18. The van der Waals surface area contributed by atoms with Crippen LogP contribution in [0.2, 0.25) is 0 Å². The van der Waals surface area contributed by atoms with Gasteiger partial charge in [-0.15, -0.1) is 0 Å². The number of carbonyl (C=O) groups is 2. The van der Waals surface area contributed by atoms with Crippen LogP contribution in [0.25, 0.3) is 16.5 Å². The zero-order valence-electron chi connectivity index (χ0n) is 20.9. The Morgan fingerprint density at radius 3 is 2.43 bits per heavy atom. The molecule has 1 saturated heterocycles. The van der Waals surface area contributed by atoms with Crippen LogP contribution in [0.3, 0.4) is 0 Å². The fourth-order valence-corrected chi connectivity index (χ4v) is 4.90. The average molecular weight is 494 g/mol. The van der Waals surface area contributed by atoms with Crippen molar-refractivity contribution >= 4 is 33.9 Å². The van der Waals surface area contributed by atoms with Crippen molar-refractivity contribution in [2.75, 3.05) is 18.6 Å². The molecule has 1 fully saturated rings. The smallest absolute Gasteiger partial charge is 0.300 e. The fraction of sp³-hybridized carbons (Fsp3) is 0.161. The van der Waals surface area contributed by atoms with Crippen molar-refractivity contribution in [1.82, 2.24) is 0 Å². The lowest BCUT2D eigenvalue weighted by molar-refractivity contribution is -0.132. The van der Waals surface area contributed by atoms with Gasteiger partial charge in [0.15, 0.2) is 11.5 Å². The third kappa shape index (κ3) is 4.20. The first-order valence-electron chi connectivity index (χ1n) is 12.1. The summed E-state index contributed by atoms with van der Waals surface area (Å²) in [6, 6.07) is 25.0. The summed E-state index contributed by atoms with van der Waals surface area (Å²) < 4.78 is 11.2. The Bertz CT molecular complexity index is 1550. The summed E-state index contributed by atoms with van der Waals surface area (Å²) >= 11 is 0. The lowest BCUT2D eigenvalue weighted by atomic mass is 9.93. The van der Waals surface area contributed by atoms with E-state index in [-0.39, 0.29) is 11.3 Å². The molecule has 0 spiro atoms. The van der Waals surface area contributed by atoms with Crippen LogP contribution < -0.4 is 14.4 Å². The van der Waals surface area contributed by atoms with Crippen molar-refractivity contribution in [2.24, 2.45) is 0 Å². The molecule has 1 N–H and O–H groups in total. The Kier molecular flexibility index (Phi) is 6.40. The van der Waals surface area contributed by atoms with Crippen molar-refractivity contribution in [1.29, 1.82) is 0 Å². The highest BCUT2D eigenvalue weighted by molar-refractivity contribution is 6.51. The number of nitrogens with zero attached hydrogens (tertiary/aromatic N) is 1. The minimum Gasteiger partial charge on any atom is -0.507 e. The van der Waals surface area contributed by atoms with Gasteiger partial charge in [0.1, 0.15) is 5.76 Å². The topological polar surface area (TPSA) is 76.1 Å². The number of hydrogen-bond donors (Lipinski definition) is 1. The molecule has 6 nitrogen and oxygen atoms in total. The lowest BCUT2D eigenvalue weighted by Gasteiger charge is -2.26. The molecule has 0 saturated carbocycles. The van der Waals surface area contributed by atoms with Crippen molar-refractivity contribution in [2.45, 2.75) is 19.9 Å². The van der Waals surface area contributed by atoms with Gasteiger partial charge >= 0.3 is 0 Å². The first kappa shape index (κ1) is 24.1. The molecule has 0 bridgehead atoms. The highest BCUT2D eigenvalue weighted by Crippen LogP contribution is 2.44. The van der Waals surface area contributed by atoms with Gasteiger partial charge in [0.25, 0.3) is 11.7 Å². The number of fused-ring (bicyclic) bond motifs is 1. The number of hydrogen-bond acceptors (Lipinski definition) is 5. The summed E-state index contributed by atoms with van der Waals surface area (Å²) in [5, 5.41) is 13.3. The number of carbonyl (C=O) groups excluding carboxylic acids is 2. The molecule has 0 aliphatic carbocycles. The molecule has 1 aliphatic heterocycles. The van der Waals surface area contributed by atoms with Crippen LogP contribution in [0.15, 0.2) is 90.5 Å². The molecule has 186 valence electrons. The second-order valence-corrected chi connectivity index (χ2v) is 8.88. The number of benzene rings is 4. The molecule has 6 heteroatoms. The van der Waals surface area contributed by atoms with Gasteiger partial charge in [0, 0.05) is 11.3 Å². The maximum atomic E-state index is 13.6. The summed E-state index contributed by atoms with van der Waals surface area (Å²) in [7, 11) is 1.54. The molecule has 37 heavy (non-hydrogen) atoms. The zero-order chi connectivity index (χ0) is 26.1. The number of ether oxygens (including phenoxy) is 2. The molecule has 1 unspecified atom stereocenters. The molecule has 1 aliphatic rings. The summed E-state index contributed by atoms with van der Waals surface area (Å²) in [4.78, 5) is 28.5. The van der Waals surface area contributed by atoms with Crippen LogP contribution in [0.5, 0.6) is 11.5 Å². The van der Waals surface area contributed by atoms with E-state index in [2.05, 4.69) is 0 Å². The van der Waals surface area contributed by atoms with E-state index < -0.39 is 17.7 Å². The summed E-state index contributed by atoms with van der Waals surface area (Å²) in [6.45, 7) is 4.26. The van der Waals surface area contributed by atoms with Gasteiger partial charge in [-0.05, 0) is 60.0 Å². The largest absolute Gasteiger partial charge is 0.507 e. The van der Waals surface area contributed by atoms with E-state index in [1.807, 2.05) is 68.4 Å². The van der Waals surface area contributed by atoms with Gasteiger partial charge in [-0.1, -0.05) is 60.7 Å². The van der Waals surface area contributed by atoms with E-state index in [1.54, 1.807) is 30.3 Å². The molecule has 1 atom stereocenters. The van der Waals surface area contributed by atoms with Crippen LogP contribution in [-0.2, 0) is 9.59 Å². The monoisotopic (exact) mass is 493 g/mol. The van der Waals surface area contributed by atoms with Crippen LogP contribution in [0.4, 0.5) is 5.69 Å². The number of methoxy groups -OCH3 is 1. The van der Waals surface area contributed by atoms with E-state index in [0.717, 1.165) is 16.3 Å². The highest BCUT2D eigenvalue weighted by atomic mass is 16.5. The number of aliphatic hydroxyl groups is 1. The first-order valence-corrected chi connectivity index (χ1v) is 12.1. The number of amides is 1. The first-order chi connectivity index (χ1) is 17.9. The predicted octanol–water partition coefficient (Wildman–Crippen LogP) is 6.18. The summed E-state index contributed by atoms with van der Waals surface area (Å²) in [6.07, 6.45) is 0. The predicted molar refractivity (Wildman–Crippen MR) is 144 cm³/mol. The molecular formula is C31H27NO5. The van der Waals surface area contributed by atoms with Gasteiger partial charge in [-0.3, -0.25) is 14.5 Å². The molecule has 0 aromatic heterocycles. The Balaban J connectivity index is 1.78. The van der Waals surface area contributed by atoms with Crippen molar-refractivity contribution in [3.05, 3.63) is 107 Å². The zero-order valence-corrected chi connectivity index (χ0v) is 20.9. The maximum Gasteiger partial charge on any atom is 0.300 e. The standard InChI is InChI=1S/C31H27NO5/c1-4-37-25-16-15-21(18-26(25)36-3)28-27(29(33)24-14-8-11-20-10-5-6-13-23(20)24)30(34)31(35)32(28)22-12-7-9-19(2)17-22/h5-18,28,33H,4H2,1-3H3/b29-27+. The number of ketones is 1. The molecule has 1 amide bonds. The molecule has 0 radical (unpaired) electrons. The van der Waals surface area contributed by atoms with Gasteiger partial charge in [0.05, 0.1) is 25.3 Å². The number of aryl methyl sites for hydroxylation is 1. The van der Waals surface area contributed by atoms with Crippen molar-refractivity contribution in [3.8, 4) is 11.5 Å². The van der Waals surface area contributed by atoms with E-state index in [0.29, 0.717) is 34.9 Å². The Hall–Kier alpha value is -4.58. The van der Waals surface area contributed by atoms with Crippen molar-refractivity contribution < 1.29 is 24.2 Å². The number of rotatable bonds is 6. The van der Waals surface area contributed by atoms with E-state index in [4.69, 9.17) is 9.47 Å². The molecular weight excluding hydrogens is 466 g/mol. The Labute approximate surface area is 215 Å². The minimum absolute atomic E-state index is 0.0223.